The van der Waals surface area contributed by atoms with Crippen LogP contribution in [-0.4, -0.2) is 22.0 Å². The van der Waals surface area contributed by atoms with Crippen molar-refractivity contribution in [3.8, 4) is 11.4 Å². The molecule has 0 aliphatic heterocycles. The van der Waals surface area contributed by atoms with Gasteiger partial charge in [0.1, 0.15) is 5.82 Å². The first kappa shape index (κ1) is 15.2. The molecule has 4 aromatic rings. The van der Waals surface area contributed by atoms with Crippen LogP contribution in [0.25, 0.3) is 22.3 Å². The second-order valence-electron chi connectivity index (χ2n) is 5.60. The third-order valence-corrected chi connectivity index (χ3v) is 5.37. The molecule has 6 heteroatoms. The van der Waals surface area contributed by atoms with Crippen LogP contribution >= 0.6 is 22.7 Å². The molecule has 0 spiro atoms. The predicted octanol–water partition coefficient (Wildman–Crippen LogP) is 4.76. The van der Waals surface area contributed by atoms with Crippen molar-refractivity contribution in [2.75, 3.05) is 11.9 Å². The molecule has 0 aliphatic rings. The number of aromatic nitrogens is 3. The third kappa shape index (κ3) is 2.90. The lowest BCUT2D eigenvalue weighted by atomic mass is 10.2. The fraction of sp³-hybridized carbons (Fsp3) is 0.167. The lowest BCUT2D eigenvalue weighted by Crippen LogP contribution is -2.18. The standard InChI is InChI=1S/C18H16N4S2/c1-12-19-9-14(24-12)10-22(2)18-15-5-3-4-6-16(15)20-17(21-18)13-7-8-23-11-13/h3-9,11H,10H2,1-2H3. The van der Waals surface area contributed by atoms with Crippen molar-refractivity contribution in [1.29, 1.82) is 0 Å². The highest BCUT2D eigenvalue weighted by molar-refractivity contribution is 7.11. The summed E-state index contributed by atoms with van der Waals surface area (Å²) >= 11 is 3.38. The molecule has 0 amide bonds. The van der Waals surface area contributed by atoms with Gasteiger partial charge in [0.25, 0.3) is 0 Å². The van der Waals surface area contributed by atoms with Crippen LogP contribution in [-0.2, 0) is 6.54 Å². The van der Waals surface area contributed by atoms with Gasteiger partial charge in [-0.1, -0.05) is 12.1 Å². The summed E-state index contributed by atoms with van der Waals surface area (Å²) in [6.45, 7) is 2.82. The van der Waals surface area contributed by atoms with E-state index in [4.69, 9.17) is 9.97 Å². The molecule has 0 N–H and O–H groups in total. The second kappa shape index (κ2) is 6.30. The molecule has 0 fully saturated rings. The summed E-state index contributed by atoms with van der Waals surface area (Å²) in [4.78, 5) is 17.3. The van der Waals surface area contributed by atoms with Gasteiger partial charge in [-0.2, -0.15) is 11.3 Å². The van der Waals surface area contributed by atoms with Gasteiger partial charge >= 0.3 is 0 Å². The minimum absolute atomic E-state index is 0.775. The van der Waals surface area contributed by atoms with E-state index in [2.05, 4.69) is 39.8 Å². The minimum atomic E-state index is 0.775. The van der Waals surface area contributed by atoms with Gasteiger partial charge in [-0.15, -0.1) is 11.3 Å². The Morgan fingerprint density at radius 1 is 1.12 bits per heavy atom. The first-order valence-electron chi connectivity index (χ1n) is 7.62. The summed E-state index contributed by atoms with van der Waals surface area (Å²) in [7, 11) is 2.07. The zero-order valence-corrected chi connectivity index (χ0v) is 15.1. The number of thiazole rings is 1. The Morgan fingerprint density at radius 2 is 2.00 bits per heavy atom. The molecule has 0 radical (unpaired) electrons. The molecule has 3 aromatic heterocycles. The highest BCUT2D eigenvalue weighted by Crippen LogP contribution is 2.29. The Kier molecular flexibility index (Phi) is 4.00. The van der Waals surface area contributed by atoms with Gasteiger partial charge in [0.15, 0.2) is 5.82 Å². The highest BCUT2D eigenvalue weighted by atomic mass is 32.1. The van der Waals surface area contributed by atoms with E-state index in [1.54, 1.807) is 22.7 Å². The number of aryl methyl sites for hydroxylation is 1. The van der Waals surface area contributed by atoms with E-state index in [1.165, 1.54) is 4.88 Å². The molecule has 3 heterocycles. The molecular weight excluding hydrogens is 336 g/mol. The zero-order chi connectivity index (χ0) is 16.5. The summed E-state index contributed by atoms with van der Waals surface area (Å²) in [5, 5.41) is 6.29. The normalized spacial score (nSPS) is 11.1. The average Bonchev–Trinajstić information content (AvgIpc) is 3.25. The Balaban J connectivity index is 1.80. The van der Waals surface area contributed by atoms with Crippen LogP contribution in [0.3, 0.4) is 0 Å². The summed E-state index contributed by atoms with van der Waals surface area (Å²) < 4.78 is 0. The number of hydrogen-bond donors (Lipinski definition) is 0. The van der Waals surface area contributed by atoms with Gasteiger partial charge in [-0.3, -0.25) is 0 Å². The Bertz CT molecular complexity index is 976. The molecule has 4 nitrogen and oxygen atoms in total. The maximum atomic E-state index is 4.85. The monoisotopic (exact) mass is 352 g/mol. The van der Waals surface area contributed by atoms with Crippen molar-refractivity contribution in [3.05, 3.63) is 57.2 Å². The van der Waals surface area contributed by atoms with Crippen LogP contribution in [0.1, 0.15) is 9.88 Å². The lowest BCUT2D eigenvalue weighted by Gasteiger charge is -2.19. The van der Waals surface area contributed by atoms with E-state index in [1.807, 2.05) is 31.3 Å². The Labute approximate surface area is 148 Å². The summed E-state index contributed by atoms with van der Waals surface area (Å²) in [5.41, 5.74) is 2.03. The Morgan fingerprint density at radius 3 is 2.75 bits per heavy atom. The first-order valence-corrected chi connectivity index (χ1v) is 9.38. The van der Waals surface area contributed by atoms with E-state index < -0.39 is 0 Å². The maximum Gasteiger partial charge on any atom is 0.162 e. The van der Waals surface area contributed by atoms with Gasteiger partial charge in [0.05, 0.1) is 17.1 Å². The van der Waals surface area contributed by atoms with Crippen LogP contribution in [0.4, 0.5) is 5.82 Å². The van der Waals surface area contributed by atoms with Crippen molar-refractivity contribution < 1.29 is 0 Å². The number of hydrogen-bond acceptors (Lipinski definition) is 6. The topological polar surface area (TPSA) is 41.9 Å². The molecular formula is C18H16N4S2. The van der Waals surface area contributed by atoms with Crippen molar-refractivity contribution in [3.63, 3.8) is 0 Å². The van der Waals surface area contributed by atoms with E-state index in [0.29, 0.717) is 0 Å². The van der Waals surface area contributed by atoms with Gasteiger partial charge in [-0.25, -0.2) is 15.0 Å². The van der Waals surface area contributed by atoms with E-state index in [0.717, 1.165) is 39.7 Å². The van der Waals surface area contributed by atoms with Gasteiger partial charge in [0, 0.05) is 34.5 Å². The molecule has 0 bridgehead atoms. The molecule has 0 unspecified atom stereocenters. The molecule has 24 heavy (non-hydrogen) atoms. The molecule has 0 aliphatic carbocycles. The largest absolute Gasteiger partial charge is 0.354 e. The molecule has 4 rings (SSSR count). The number of benzene rings is 1. The maximum absolute atomic E-state index is 4.85. The van der Waals surface area contributed by atoms with Crippen LogP contribution in [0.15, 0.2) is 47.3 Å². The van der Waals surface area contributed by atoms with Crippen LogP contribution in [0.5, 0.6) is 0 Å². The number of fused-ring (bicyclic) bond motifs is 1. The van der Waals surface area contributed by atoms with Gasteiger partial charge in [-0.05, 0) is 30.5 Å². The first-order chi connectivity index (χ1) is 11.7. The van der Waals surface area contributed by atoms with E-state index in [-0.39, 0.29) is 0 Å². The number of thiophene rings is 1. The number of para-hydroxylation sites is 1. The Hall–Kier alpha value is -2.31. The summed E-state index contributed by atoms with van der Waals surface area (Å²) in [6, 6.07) is 10.2. The molecule has 1 aromatic carbocycles. The highest BCUT2D eigenvalue weighted by Gasteiger charge is 2.14. The minimum Gasteiger partial charge on any atom is -0.354 e. The van der Waals surface area contributed by atoms with Crippen molar-refractivity contribution in [2.45, 2.75) is 13.5 Å². The van der Waals surface area contributed by atoms with E-state index >= 15 is 0 Å². The number of rotatable bonds is 4. The van der Waals surface area contributed by atoms with Crippen molar-refractivity contribution in [2.24, 2.45) is 0 Å². The van der Waals surface area contributed by atoms with E-state index in [9.17, 15) is 0 Å². The van der Waals surface area contributed by atoms with Crippen LogP contribution in [0.2, 0.25) is 0 Å². The van der Waals surface area contributed by atoms with Gasteiger partial charge in [0.2, 0.25) is 0 Å². The van der Waals surface area contributed by atoms with Crippen LogP contribution < -0.4 is 4.90 Å². The SMILES string of the molecule is Cc1ncc(CN(C)c2nc(-c3ccsc3)nc3ccccc23)s1. The number of anilines is 1. The predicted molar refractivity (Wildman–Crippen MR) is 102 cm³/mol. The zero-order valence-electron chi connectivity index (χ0n) is 13.4. The van der Waals surface area contributed by atoms with Crippen molar-refractivity contribution >= 4 is 39.4 Å². The molecule has 0 saturated heterocycles. The number of nitrogens with zero attached hydrogens (tertiary/aromatic N) is 4. The average molecular weight is 352 g/mol. The summed E-state index contributed by atoms with van der Waals surface area (Å²) in [5.74, 6) is 1.73. The summed E-state index contributed by atoms with van der Waals surface area (Å²) in [6.07, 6.45) is 1.94. The third-order valence-electron chi connectivity index (χ3n) is 3.79. The molecule has 0 atom stereocenters. The van der Waals surface area contributed by atoms with Crippen LogP contribution in [0, 0.1) is 6.92 Å². The smallest absolute Gasteiger partial charge is 0.162 e. The fourth-order valence-corrected chi connectivity index (χ4v) is 4.14. The lowest BCUT2D eigenvalue weighted by molar-refractivity contribution is 0.913. The molecule has 0 saturated carbocycles. The fourth-order valence-electron chi connectivity index (χ4n) is 2.66. The second-order valence-corrected chi connectivity index (χ2v) is 7.70. The molecule has 120 valence electrons. The van der Waals surface area contributed by atoms with Gasteiger partial charge < -0.3 is 4.90 Å². The quantitative estimate of drug-likeness (QED) is 0.531. The van der Waals surface area contributed by atoms with Crippen molar-refractivity contribution in [1.82, 2.24) is 15.0 Å².